The summed E-state index contributed by atoms with van der Waals surface area (Å²) in [6, 6.07) is 2.36. The second kappa shape index (κ2) is 2.25. The number of hydrogen-bond acceptors (Lipinski definition) is 2. The van der Waals surface area contributed by atoms with E-state index in [0.29, 0.717) is 5.92 Å². The number of hydrogen-bond donors (Lipinski definition) is 0. The fourth-order valence-electron chi connectivity index (χ4n) is 2.15. The van der Waals surface area contributed by atoms with Crippen LogP contribution in [0.5, 0.6) is 0 Å². The summed E-state index contributed by atoms with van der Waals surface area (Å²) in [6.45, 7) is 3.54. The van der Waals surface area contributed by atoms with Gasteiger partial charge in [0.15, 0.2) is 0 Å². The lowest BCUT2D eigenvalue weighted by Gasteiger charge is -2.25. The van der Waals surface area contributed by atoms with E-state index in [-0.39, 0.29) is 0 Å². The molecule has 10 heavy (non-hydrogen) atoms. The van der Waals surface area contributed by atoms with Crippen LogP contribution in [0, 0.1) is 23.2 Å². The lowest BCUT2D eigenvalue weighted by atomic mass is 9.93. The van der Waals surface area contributed by atoms with Crippen LogP contribution in [0.4, 0.5) is 0 Å². The minimum Gasteiger partial charge on any atom is -0.302 e. The van der Waals surface area contributed by atoms with E-state index >= 15 is 0 Å². The van der Waals surface area contributed by atoms with Crippen LogP contribution in [0.15, 0.2) is 0 Å². The lowest BCUT2D eigenvalue weighted by molar-refractivity contribution is 0.233. The lowest BCUT2D eigenvalue weighted by Crippen LogP contribution is -2.32. The molecule has 0 aliphatic carbocycles. The molecule has 2 fully saturated rings. The minimum atomic E-state index is 0.334. The standard InChI is InChI=1S/C8H12N2/c9-4-8-3-7-1-2-10(5-7)6-8/h7-8H,1-3,5-6H2/t7-,8-/m1/s1. The van der Waals surface area contributed by atoms with Crippen molar-refractivity contribution in [1.82, 2.24) is 4.90 Å². The first kappa shape index (κ1) is 6.18. The van der Waals surface area contributed by atoms with Crippen molar-refractivity contribution in [3.05, 3.63) is 0 Å². The smallest absolute Gasteiger partial charge is 0.0669 e. The third-order valence-corrected chi connectivity index (χ3v) is 2.65. The third-order valence-electron chi connectivity index (χ3n) is 2.65. The SMILES string of the molecule is N#C[C@H]1C[C@H]2CCN(C1)C2. The van der Waals surface area contributed by atoms with E-state index in [0.717, 1.165) is 18.9 Å². The number of nitriles is 1. The van der Waals surface area contributed by atoms with Crippen LogP contribution in [0.2, 0.25) is 0 Å². The minimum absolute atomic E-state index is 0.334. The van der Waals surface area contributed by atoms with Gasteiger partial charge in [-0.05, 0) is 25.3 Å². The molecule has 2 aliphatic rings. The molecular weight excluding hydrogens is 124 g/mol. The Bertz CT molecular complexity index is 159. The van der Waals surface area contributed by atoms with E-state index in [1.54, 1.807) is 0 Å². The Labute approximate surface area is 61.4 Å². The zero-order chi connectivity index (χ0) is 6.97. The summed E-state index contributed by atoms with van der Waals surface area (Å²) in [7, 11) is 0. The Morgan fingerprint density at radius 1 is 1.40 bits per heavy atom. The van der Waals surface area contributed by atoms with Gasteiger partial charge in [-0.1, -0.05) is 0 Å². The summed E-state index contributed by atoms with van der Waals surface area (Å²) < 4.78 is 0. The molecule has 2 heterocycles. The van der Waals surface area contributed by atoms with Gasteiger partial charge in [-0.25, -0.2) is 0 Å². The molecule has 0 spiro atoms. The second-order valence-corrected chi connectivity index (χ2v) is 3.48. The molecule has 0 saturated carbocycles. The topological polar surface area (TPSA) is 27.0 Å². The predicted octanol–water partition coefficient (Wildman–Crippen LogP) is 0.852. The molecule has 2 heteroatoms. The molecule has 54 valence electrons. The summed E-state index contributed by atoms with van der Waals surface area (Å²) in [5.41, 5.74) is 0. The van der Waals surface area contributed by atoms with Crippen molar-refractivity contribution >= 4 is 0 Å². The van der Waals surface area contributed by atoms with E-state index in [1.165, 1.54) is 19.5 Å². The summed E-state index contributed by atoms with van der Waals surface area (Å²) in [5.74, 6) is 1.18. The maximum atomic E-state index is 8.68. The molecule has 0 amide bonds. The molecule has 2 nitrogen and oxygen atoms in total. The van der Waals surface area contributed by atoms with E-state index in [1.807, 2.05) is 0 Å². The zero-order valence-corrected chi connectivity index (χ0v) is 6.08. The van der Waals surface area contributed by atoms with Crippen molar-refractivity contribution in [1.29, 1.82) is 5.26 Å². The molecule has 1 unspecified atom stereocenters. The molecule has 2 aliphatic heterocycles. The van der Waals surface area contributed by atoms with Crippen LogP contribution in [-0.4, -0.2) is 24.5 Å². The van der Waals surface area contributed by atoms with Crippen LogP contribution < -0.4 is 0 Å². The maximum Gasteiger partial charge on any atom is 0.0669 e. The second-order valence-electron chi connectivity index (χ2n) is 3.48. The first-order chi connectivity index (χ1) is 4.88. The maximum absolute atomic E-state index is 8.68. The monoisotopic (exact) mass is 136 g/mol. The molecule has 0 radical (unpaired) electrons. The van der Waals surface area contributed by atoms with Crippen molar-refractivity contribution in [2.45, 2.75) is 12.8 Å². The molecule has 2 bridgehead atoms. The number of nitrogens with zero attached hydrogens (tertiary/aromatic N) is 2. The summed E-state index contributed by atoms with van der Waals surface area (Å²) in [4.78, 5) is 2.42. The van der Waals surface area contributed by atoms with Gasteiger partial charge in [0.1, 0.15) is 0 Å². The average Bonchev–Trinajstić information content (AvgIpc) is 2.30. The fourth-order valence-corrected chi connectivity index (χ4v) is 2.15. The molecule has 0 aromatic heterocycles. The number of piperidine rings is 1. The van der Waals surface area contributed by atoms with Gasteiger partial charge in [0.25, 0.3) is 0 Å². The zero-order valence-electron chi connectivity index (χ0n) is 6.08. The Balaban J connectivity index is 2.04. The fraction of sp³-hybridized carbons (Fsp3) is 0.875. The molecule has 2 saturated heterocycles. The highest BCUT2D eigenvalue weighted by molar-refractivity contribution is 4.94. The van der Waals surface area contributed by atoms with Gasteiger partial charge in [0, 0.05) is 13.1 Å². The van der Waals surface area contributed by atoms with Gasteiger partial charge in [-0.3, -0.25) is 0 Å². The molecular formula is C8H12N2. The molecule has 0 aromatic carbocycles. The average molecular weight is 136 g/mol. The van der Waals surface area contributed by atoms with Crippen LogP contribution in [-0.2, 0) is 0 Å². The van der Waals surface area contributed by atoms with Gasteiger partial charge in [-0.2, -0.15) is 5.26 Å². The quantitative estimate of drug-likeness (QED) is 0.493. The van der Waals surface area contributed by atoms with Crippen LogP contribution in [0.3, 0.4) is 0 Å². The van der Waals surface area contributed by atoms with Crippen molar-refractivity contribution in [2.24, 2.45) is 11.8 Å². The third kappa shape index (κ3) is 0.911. The normalized spacial score (nSPS) is 44.9. The molecule has 0 N–H and O–H groups in total. The van der Waals surface area contributed by atoms with Gasteiger partial charge >= 0.3 is 0 Å². The van der Waals surface area contributed by atoms with Gasteiger partial charge < -0.3 is 4.90 Å². The Morgan fingerprint density at radius 3 is 3.00 bits per heavy atom. The van der Waals surface area contributed by atoms with E-state index in [9.17, 15) is 0 Å². The molecule has 0 aromatic rings. The van der Waals surface area contributed by atoms with Crippen LogP contribution in [0.25, 0.3) is 0 Å². The number of fused-ring (bicyclic) bond motifs is 2. The Morgan fingerprint density at radius 2 is 2.30 bits per heavy atom. The van der Waals surface area contributed by atoms with Gasteiger partial charge in [0.05, 0.1) is 12.0 Å². The van der Waals surface area contributed by atoms with Gasteiger partial charge in [0.2, 0.25) is 0 Å². The highest BCUT2D eigenvalue weighted by Crippen LogP contribution is 2.29. The summed E-state index contributed by atoms with van der Waals surface area (Å²) in [5, 5.41) is 8.68. The van der Waals surface area contributed by atoms with Crippen molar-refractivity contribution in [3.8, 4) is 6.07 Å². The largest absolute Gasteiger partial charge is 0.302 e. The van der Waals surface area contributed by atoms with E-state index < -0.39 is 0 Å². The highest BCUT2D eigenvalue weighted by Gasteiger charge is 2.31. The predicted molar refractivity (Wildman–Crippen MR) is 38.3 cm³/mol. The first-order valence-electron chi connectivity index (χ1n) is 4.00. The highest BCUT2D eigenvalue weighted by atomic mass is 15.2. The van der Waals surface area contributed by atoms with Crippen molar-refractivity contribution in [2.75, 3.05) is 19.6 Å². The first-order valence-corrected chi connectivity index (χ1v) is 4.00. The summed E-state index contributed by atoms with van der Waals surface area (Å²) >= 11 is 0. The Kier molecular flexibility index (Phi) is 1.39. The van der Waals surface area contributed by atoms with Gasteiger partial charge in [-0.15, -0.1) is 0 Å². The Hall–Kier alpha value is -0.550. The van der Waals surface area contributed by atoms with Crippen molar-refractivity contribution in [3.63, 3.8) is 0 Å². The number of rotatable bonds is 0. The van der Waals surface area contributed by atoms with Crippen LogP contribution in [0.1, 0.15) is 12.8 Å². The molecule has 2 rings (SSSR count). The molecule has 3 atom stereocenters. The van der Waals surface area contributed by atoms with Crippen LogP contribution >= 0.6 is 0 Å². The summed E-state index contributed by atoms with van der Waals surface area (Å²) in [6.07, 6.45) is 2.49. The van der Waals surface area contributed by atoms with Crippen molar-refractivity contribution < 1.29 is 0 Å². The van der Waals surface area contributed by atoms with E-state index in [2.05, 4.69) is 11.0 Å². The van der Waals surface area contributed by atoms with E-state index in [4.69, 9.17) is 5.26 Å².